The highest BCUT2D eigenvalue weighted by Crippen LogP contribution is 2.44. The van der Waals surface area contributed by atoms with Crippen LogP contribution in [0.4, 0.5) is 4.79 Å². The zero-order valence-electron chi connectivity index (χ0n) is 16.0. The topological polar surface area (TPSA) is 75.6 Å². The summed E-state index contributed by atoms with van der Waals surface area (Å²) in [7, 11) is 0. The molecule has 1 saturated carbocycles. The van der Waals surface area contributed by atoms with Crippen molar-refractivity contribution in [3.8, 4) is 11.1 Å². The van der Waals surface area contributed by atoms with Crippen LogP contribution in [0.15, 0.2) is 48.5 Å². The van der Waals surface area contributed by atoms with Gasteiger partial charge in [0.1, 0.15) is 6.61 Å². The molecule has 0 saturated heterocycles. The molecule has 2 aliphatic rings. The van der Waals surface area contributed by atoms with E-state index in [2.05, 4.69) is 36.5 Å². The number of carboxylic acid groups (broad SMARTS) is 1. The Morgan fingerprint density at radius 2 is 1.71 bits per heavy atom. The van der Waals surface area contributed by atoms with Gasteiger partial charge in [-0.1, -0.05) is 55.5 Å². The first-order valence-electron chi connectivity index (χ1n) is 9.82. The van der Waals surface area contributed by atoms with E-state index < -0.39 is 17.5 Å². The molecule has 146 valence electrons. The predicted molar refractivity (Wildman–Crippen MR) is 106 cm³/mol. The van der Waals surface area contributed by atoms with Crippen molar-refractivity contribution in [2.45, 2.75) is 32.1 Å². The van der Waals surface area contributed by atoms with E-state index in [0.29, 0.717) is 18.8 Å². The normalized spacial score (nSPS) is 23.1. The van der Waals surface area contributed by atoms with Crippen LogP contribution >= 0.6 is 0 Å². The second-order valence-electron chi connectivity index (χ2n) is 8.11. The summed E-state index contributed by atoms with van der Waals surface area (Å²) in [6.07, 6.45) is 1.50. The summed E-state index contributed by atoms with van der Waals surface area (Å²) in [5.74, 6) is -0.478. The van der Waals surface area contributed by atoms with Crippen LogP contribution in [0.3, 0.4) is 0 Å². The summed E-state index contributed by atoms with van der Waals surface area (Å²) in [5, 5.41) is 12.3. The molecular formula is C23H25NO4. The first kappa shape index (κ1) is 18.5. The Morgan fingerprint density at radius 1 is 1.11 bits per heavy atom. The van der Waals surface area contributed by atoms with Crippen molar-refractivity contribution >= 4 is 12.1 Å². The standard InChI is InChI=1S/C23H25NO4/c1-15-10-11-23(12-15,21(25)26)14-24-22(27)28-13-20-18-8-4-2-6-16(18)17-7-3-5-9-19(17)20/h2-9,15,20H,10-14H2,1H3,(H,24,27)(H,25,26). The minimum atomic E-state index is -0.870. The van der Waals surface area contributed by atoms with Crippen molar-refractivity contribution in [2.24, 2.45) is 11.3 Å². The molecule has 1 fully saturated rings. The Morgan fingerprint density at radius 3 is 2.25 bits per heavy atom. The predicted octanol–water partition coefficient (Wildman–Crippen LogP) is 4.42. The molecule has 0 aromatic heterocycles. The van der Waals surface area contributed by atoms with Gasteiger partial charge in [0.05, 0.1) is 5.41 Å². The van der Waals surface area contributed by atoms with E-state index in [1.165, 1.54) is 11.1 Å². The zero-order valence-corrected chi connectivity index (χ0v) is 16.0. The van der Waals surface area contributed by atoms with E-state index in [0.717, 1.165) is 17.5 Å². The molecule has 1 amide bonds. The lowest BCUT2D eigenvalue weighted by Crippen LogP contribution is -2.42. The van der Waals surface area contributed by atoms with Gasteiger partial charge >= 0.3 is 12.1 Å². The van der Waals surface area contributed by atoms with Crippen molar-refractivity contribution in [1.82, 2.24) is 5.32 Å². The molecule has 5 heteroatoms. The Kier molecular flexibility index (Phi) is 4.84. The van der Waals surface area contributed by atoms with Gasteiger partial charge in [-0.25, -0.2) is 4.79 Å². The van der Waals surface area contributed by atoms with Gasteiger partial charge in [-0.05, 0) is 47.4 Å². The molecule has 2 aromatic carbocycles. The fourth-order valence-corrected chi connectivity index (χ4v) is 4.72. The minimum absolute atomic E-state index is 0.00177. The number of carbonyl (C=O) groups is 2. The van der Waals surface area contributed by atoms with E-state index >= 15 is 0 Å². The third-order valence-corrected chi connectivity index (χ3v) is 6.22. The number of carboxylic acids is 1. The lowest BCUT2D eigenvalue weighted by molar-refractivity contribution is -0.148. The summed E-state index contributed by atoms with van der Waals surface area (Å²) in [6, 6.07) is 16.3. The molecule has 0 radical (unpaired) electrons. The average Bonchev–Trinajstić information content (AvgIpc) is 3.24. The van der Waals surface area contributed by atoms with Crippen LogP contribution in [-0.2, 0) is 9.53 Å². The number of amides is 1. The number of hydrogen-bond acceptors (Lipinski definition) is 3. The van der Waals surface area contributed by atoms with Crippen molar-refractivity contribution in [1.29, 1.82) is 0 Å². The van der Waals surface area contributed by atoms with E-state index in [1.807, 2.05) is 24.3 Å². The molecule has 0 aliphatic heterocycles. The van der Waals surface area contributed by atoms with Gasteiger partial charge in [0, 0.05) is 12.5 Å². The molecule has 2 N–H and O–H groups in total. The van der Waals surface area contributed by atoms with Gasteiger partial charge in [-0.15, -0.1) is 0 Å². The summed E-state index contributed by atoms with van der Waals surface area (Å²) in [5.41, 5.74) is 3.80. The number of fused-ring (bicyclic) bond motifs is 3. The van der Waals surface area contributed by atoms with E-state index in [4.69, 9.17) is 4.74 Å². The second-order valence-corrected chi connectivity index (χ2v) is 8.11. The van der Waals surface area contributed by atoms with Gasteiger partial charge < -0.3 is 15.2 Å². The number of aliphatic carboxylic acids is 1. The number of ether oxygens (including phenoxy) is 1. The van der Waals surface area contributed by atoms with Crippen LogP contribution in [0.25, 0.3) is 11.1 Å². The molecule has 0 spiro atoms. The van der Waals surface area contributed by atoms with Gasteiger partial charge in [0.25, 0.3) is 0 Å². The van der Waals surface area contributed by atoms with E-state index in [-0.39, 0.29) is 19.1 Å². The number of nitrogens with one attached hydrogen (secondary N) is 1. The quantitative estimate of drug-likeness (QED) is 0.806. The van der Waals surface area contributed by atoms with E-state index in [9.17, 15) is 14.7 Å². The summed E-state index contributed by atoms with van der Waals surface area (Å²) in [4.78, 5) is 24.0. The van der Waals surface area contributed by atoms with Crippen LogP contribution in [-0.4, -0.2) is 30.3 Å². The molecule has 5 nitrogen and oxygen atoms in total. The van der Waals surface area contributed by atoms with Crippen molar-refractivity contribution < 1.29 is 19.4 Å². The highest BCUT2D eigenvalue weighted by atomic mass is 16.5. The SMILES string of the molecule is CC1CCC(CNC(=O)OCC2c3ccccc3-c3ccccc32)(C(=O)O)C1. The lowest BCUT2D eigenvalue weighted by Gasteiger charge is -2.24. The third kappa shape index (κ3) is 3.26. The van der Waals surface area contributed by atoms with Gasteiger partial charge in [-0.2, -0.15) is 0 Å². The van der Waals surface area contributed by atoms with Gasteiger partial charge in [-0.3, -0.25) is 4.79 Å². The van der Waals surface area contributed by atoms with Gasteiger partial charge in [0.15, 0.2) is 0 Å². The summed E-state index contributed by atoms with van der Waals surface area (Å²) in [6.45, 7) is 2.40. The van der Waals surface area contributed by atoms with Crippen LogP contribution in [0.1, 0.15) is 43.2 Å². The summed E-state index contributed by atoms with van der Waals surface area (Å²) >= 11 is 0. The molecule has 0 bridgehead atoms. The molecule has 2 unspecified atom stereocenters. The average molecular weight is 379 g/mol. The number of alkyl carbamates (subject to hydrolysis) is 1. The first-order valence-corrected chi connectivity index (χ1v) is 9.82. The van der Waals surface area contributed by atoms with Crippen LogP contribution < -0.4 is 5.32 Å². The highest BCUT2D eigenvalue weighted by Gasteiger charge is 2.44. The molecule has 2 atom stereocenters. The zero-order chi connectivity index (χ0) is 19.7. The maximum Gasteiger partial charge on any atom is 0.407 e. The smallest absolute Gasteiger partial charge is 0.407 e. The fraction of sp³-hybridized carbons (Fsp3) is 0.391. The molecule has 2 aromatic rings. The largest absolute Gasteiger partial charge is 0.481 e. The number of rotatable bonds is 5. The van der Waals surface area contributed by atoms with E-state index in [1.54, 1.807) is 0 Å². The maximum absolute atomic E-state index is 12.3. The lowest BCUT2D eigenvalue weighted by atomic mass is 9.85. The highest BCUT2D eigenvalue weighted by molar-refractivity contribution is 5.79. The van der Waals surface area contributed by atoms with Crippen LogP contribution in [0.2, 0.25) is 0 Å². The van der Waals surface area contributed by atoms with Gasteiger partial charge in [0.2, 0.25) is 0 Å². The Bertz CT molecular complexity index is 863. The molecule has 28 heavy (non-hydrogen) atoms. The number of benzene rings is 2. The third-order valence-electron chi connectivity index (χ3n) is 6.22. The Hall–Kier alpha value is -2.82. The van der Waals surface area contributed by atoms with Crippen LogP contribution in [0.5, 0.6) is 0 Å². The number of hydrogen-bond donors (Lipinski definition) is 2. The molecule has 2 aliphatic carbocycles. The molecule has 0 heterocycles. The maximum atomic E-state index is 12.3. The van der Waals surface area contributed by atoms with Crippen LogP contribution in [0, 0.1) is 11.3 Å². The fourth-order valence-electron chi connectivity index (χ4n) is 4.72. The Labute approximate surface area is 164 Å². The second kappa shape index (κ2) is 7.30. The molecule has 4 rings (SSSR count). The van der Waals surface area contributed by atoms with Crippen molar-refractivity contribution in [3.05, 3.63) is 59.7 Å². The molecular weight excluding hydrogens is 354 g/mol. The first-order chi connectivity index (χ1) is 13.5. The van der Waals surface area contributed by atoms with Crippen molar-refractivity contribution in [2.75, 3.05) is 13.2 Å². The monoisotopic (exact) mass is 379 g/mol. The Balaban J connectivity index is 1.41. The van der Waals surface area contributed by atoms with Crippen molar-refractivity contribution in [3.63, 3.8) is 0 Å². The minimum Gasteiger partial charge on any atom is -0.481 e. The summed E-state index contributed by atoms with van der Waals surface area (Å²) < 4.78 is 5.51. The number of carbonyl (C=O) groups excluding carboxylic acids is 1.